The van der Waals surface area contributed by atoms with Crippen molar-refractivity contribution < 1.29 is 13.5 Å². The van der Waals surface area contributed by atoms with Crippen LogP contribution in [-0.2, 0) is 8.64 Å². The SMILES string of the molecule is CCP(=O)(O)OCl. The highest BCUT2D eigenvalue weighted by molar-refractivity contribution is 7.53. The van der Waals surface area contributed by atoms with Gasteiger partial charge in [-0.05, 0) is 0 Å². The predicted molar refractivity (Wildman–Crippen MR) is 27.3 cm³/mol. The molecule has 7 heavy (non-hydrogen) atoms. The van der Waals surface area contributed by atoms with Crippen LogP contribution < -0.4 is 0 Å². The first kappa shape index (κ1) is 7.44. The normalized spacial score (nSPS) is 18.7. The van der Waals surface area contributed by atoms with E-state index in [1.165, 1.54) is 6.92 Å². The lowest BCUT2D eigenvalue weighted by atomic mass is 11.0. The van der Waals surface area contributed by atoms with Crippen LogP contribution in [0.1, 0.15) is 6.92 Å². The highest BCUT2D eigenvalue weighted by Gasteiger charge is 2.13. The molecule has 44 valence electrons. The summed E-state index contributed by atoms with van der Waals surface area (Å²) in [7, 11) is -3.39. The second-order valence-corrected chi connectivity index (χ2v) is 3.48. The largest absolute Gasteiger partial charge is 0.344 e. The van der Waals surface area contributed by atoms with Gasteiger partial charge >= 0.3 is 7.60 Å². The second kappa shape index (κ2) is 2.68. The summed E-state index contributed by atoms with van der Waals surface area (Å²) >= 11 is 4.58. The van der Waals surface area contributed by atoms with E-state index in [0.717, 1.165) is 0 Å². The molecule has 0 saturated carbocycles. The van der Waals surface area contributed by atoms with Gasteiger partial charge in [0.25, 0.3) is 0 Å². The smallest absolute Gasteiger partial charge is 0.323 e. The van der Waals surface area contributed by atoms with E-state index < -0.39 is 7.60 Å². The molecule has 0 saturated heterocycles. The van der Waals surface area contributed by atoms with Crippen molar-refractivity contribution in [2.75, 3.05) is 6.16 Å². The van der Waals surface area contributed by atoms with Gasteiger partial charge in [0.05, 0.1) is 11.9 Å². The van der Waals surface area contributed by atoms with Crippen LogP contribution in [0.5, 0.6) is 0 Å². The van der Waals surface area contributed by atoms with E-state index >= 15 is 0 Å². The van der Waals surface area contributed by atoms with Gasteiger partial charge in [-0.25, -0.2) is 0 Å². The molecule has 0 aromatic rings. The van der Waals surface area contributed by atoms with Crippen LogP contribution in [0, 0.1) is 0 Å². The summed E-state index contributed by atoms with van der Waals surface area (Å²) in [5, 5.41) is 0. The van der Waals surface area contributed by atoms with Crippen molar-refractivity contribution in [2.24, 2.45) is 0 Å². The van der Waals surface area contributed by atoms with E-state index in [-0.39, 0.29) is 6.16 Å². The molecular formula is C2H6ClO3P. The standard InChI is InChI=1S/C2H6ClO3P/c1-2-7(4,5)6-3/h2H2,1H3,(H,4,5). The van der Waals surface area contributed by atoms with Crippen LogP contribution in [0.4, 0.5) is 0 Å². The zero-order valence-electron chi connectivity index (χ0n) is 3.80. The Labute approximate surface area is 47.0 Å². The zero-order chi connectivity index (χ0) is 5.91. The summed E-state index contributed by atoms with van der Waals surface area (Å²) in [6.07, 6.45) is 0.0521. The molecule has 0 aliphatic heterocycles. The highest BCUT2D eigenvalue weighted by atomic mass is 35.5. The second-order valence-electron chi connectivity index (χ2n) is 1.02. The van der Waals surface area contributed by atoms with Gasteiger partial charge in [0.2, 0.25) is 0 Å². The molecule has 0 aromatic heterocycles. The minimum absolute atomic E-state index is 0.0521. The van der Waals surface area contributed by atoms with Crippen LogP contribution in [0.15, 0.2) is 0 Å². The molecule has 1 N–H and O–H groups in total. The third-order valence-corrected chi connectivity index (χ3v) is 2.17. The van der Waals surface area contributed by atoms with Crippen LogP contribution in [0.3, 0.4) is 0 Å². The maximum absolute atomic E-state index is 10.2. The molecule has 1 unspecified atom stereocenters. The molecule has 0 amide bonds. The summed E-state index contributed by atoms with van der Waals surface area (Å²) in [6, 6.07) is 0. The monoisotopic (exact) mass is 144 g/mol. The van der Waals surface area contributed by atoms with E-state index in [2.05, 4.69) is 15.9 Å². The summed E-state index contributed by atoms with van der Waals surface area (Å²) < 4.78 is 13.8. The fraction of sp³-hybridized carbons (Fsp3) is 1.00. The van der Waals surface area contributed by atoms with Crippen molar-refractivity contribution in [3.8, 4) is 0 Å². The Morgan fingerprint density at radius 1 is 2.00 bits per heavy atom. The molecule has 5 heteroatoms. The van der Waals surface area contributed by atoms with Gasteiger partial charge in [-0.3, -0.25) is 4.57 Å². The molecule has 0 radical (unpaired) electrons. The minimum Gasteiger partial charge on any atom is -0.323 e. The molecule has 0 heterocycles. The topological polar surface area (TPSA) is 46.5 Å². The van der Waals surface area contributed by atoms with Crippen LogP contribution in [0.2, 0.25) is 0 Å². The Kier molecular flexibility index (Phi) is 2.84. The number of rotatable bonds is 2. The Morgan fingerprint density at radius 3 is 2.43 bits per heavy atom. The summed E-state index contributed by atoms with van der Waals surface area (Å²) in [5.41, 5.74) is 0. The van der Waals surface area contributed by atoms with E-state index in [9.17, 15) is 4.57 Å². The highest BCUT2D eigenvalue weighted by Crippen LogP contribution is 2.42. The molecular weight excluding hydrogens is 138 g/mol. The molecule has 0 aliphatic carbocycles. The quantitative estimate of drug-likeness (QED) is 0.596. The maximum Gasteiger partial charge on any atom is 0.344 e. The number of hydrogen-bond acceptors (Lipinski definition) is 2. The number of halogens is 1. The Bertz CT molecular complexity index is 84.9. The van der Waals surface area contributed by atoms with Gasteiger partial charge in [-0.2, -0.15) is 4.08 Å². The van der Waals surface area contributed by atoms with Crippen molar-refractivity contribution >= 4 is 19.5 Å². The van der Waals surface area contributed by atoms with Gasteiger partial charge in [0, 0.05) is 6.16 Å². The van der Waals surface area contributed by atoms with Crippen molar-refractivity contribution in [3.63, 3.8) is 0 Å². The van der Waals surface area contributed by atoms with E-state index in [1.807, 2.05) is 0 Å². The Morgan fingerprint density at radius 2 is 2.43 bits per heavy atom. The fourth-order valence-electron chi connectivity index (χ4n) is 0.0488. The third-order valence-electron chi connectivity index (χ3n) is 0.507. The summed E-state index contributed by atoms with van der Waals surface area (Å²) in [6.45, 7) is 1.52. The van der Waals surface area contributed by atoms with Gasteiger partial charge in [0.1, 0.15) is 0 Å². The van der Waals surface area contributed by atoms with Crippen LogP contribution in [0.25, 0.3) is 0 Å². The van der Waals surface area contributed by atoms with Crippen molar-refractivity contribution in [1.82, 2.24) is 0 Å². The Balaban J connectivity index is 3.61. The van der Waals surface area contributed by atoms with Gasteiger partial charge in [-0.1, -0.05) is 6.92 Å². The lowest BCUT2D eigenvalue weighted by Crippen LogP contribution is -1.79. The van der Waals surface area contributed by atoms with Crippen molar-refractivity contribution in [3.05, 3.63) is 0 Å². The first-order valence-electron chi connectivity index (χ1n) is 1.74. The lowest BCUT2D eigenvalue weighted by molar-refractivity contribution is 0.395. The molecule has 0 spiro atoms. The fourth-order valence-corrected chi connectivity index (χ4v) is 0.439. The maximum atomic E-state index is 10.2. The van der Waals surface area contributed by atoms with Crippen molar-refractivity contribution in [2.45, 2.75) is 6.92 Å². The number of hydrogen-bond donors (Lipinski definition) is 1. The average molecular weight is 144 g/mol. The molecule has 3 nitrogen and oxygen atoms in total. The molecule has 1 atom stereocenters. The van der Waals surface area contributed by atoms with Gasteiger partial charge < -0.3 is 4.89 Å². The van der Waals surface area contributed by atoms with E-state index in [0.29, 0.717) is 0 Å². The summed E-state index contributed by atoms with van der Waals surface area (Å²) in [4.78, 5) is 8.33. The van der Waals surface area contributed by atoms with Crippen LogP contribution >= 0.6 is 19.5 Å². The van der Waals surface area contributed by atoms with Gasteiger partial charge in [-0.15, -0.1) is 0 Å². The third kappa shape index (κ3) is 3.06. The average Bonchev–Trinajstić information content (AvgIpc) is 1.68. The Hall–Kier alpha value is 0.440. The first-order valence-corrected chi connectivity index (χ1v) is 3.81. The van der Waals surface area contributed by atoms with E-state index in [4.69, 9.17) is 4.89 Å². The predicted octanol–water partition coefficient (Wildman–Crippen LogP) is 1.36. The first-order chi connectivity index (χ1) is 3.12. The zero-order valence-corrected chi connectivity index (χ0v) is 5.45. The molecule has 0 aliphatic rings. The molecule has 0 fully saturated rings. The van der Waals surface area contributed by atoms with E-state index in [1.54, 1.807) is 0 Å². The molecule has 0 rings (SSSR count). The molecule has 0 bridgehead atoms. The van der Waals surface area contributed by atoms with Crippen molar-refractivity contribution in [1.29, 1.82) is 0 Å². The van der Waals surface area contributed by atoms with Gasteiger partial charge in [0.15, 0.2) is 0 Å². The molecule has 0 aromatic carbocycles. The van der Waals surface area contributed by atoms with Crippen LogP contribution in [-0.4, -0.2) is 11.1 Å². The lowest BCUT2D eigenvalue weighted by Gasteiger charge is -1.98. The minimum atomic E-state index is -3.39. The summed E-state index contributed by atoms with van der Waals surface area (Å²) in [5.74, 6) is 0.